The van der Waals surface area contributed by atoms with Gasteiger partial charge >= 0.3 is 0 Å². The minimum atomic E-state index is -0.743. The second-order valence-electron chi connectivity index (χ2n) is 3.88. The minimum absolute atomic E-state index is 0.00484. The number of rotatable bonds is 4. The summed E-state index contributed by atoms with van der Waals surface area (Å²) in [7, 11) is 0. The average Bonchev–Trinajstić information content (AvgIpc) is 2.38. The lowest BCUT2D eigenvalue weighted by Gasteiger charge is -2.23. The van der Waals surface area contributed by atoms with Crippen molar-refractivity contribution in [3.05, 3.63) is 34.1 Å². The smallest absolute Gasteiger partial charge is 0.272 e. The third-order valence-corrected chi connectivity index (χ3v) is 2.56. The molecule has 1 aromatic carbocycles. The third-order valence-electron chi connectivity index (χ3n) is 2.56. The van der Waals surface area contributed by atoms with Crippen LogP contribution in [0, 0.1) is 15.9 Å². The number of nitro benzene ring substituents is 1. The molecule has 98 valence electrons. The normalized spacial score (nSPS) is 19.5. The molecule has 6 nitrogen and oxygen atoms in total. The van der Waals surface area contributed by atoms with Crippen LogP contribution in [0.5, 0.6) is 5.75 Å². The fraction of sp³-hybridized carbons (Fsp3) is 0.455. The lowest BCUT2D eigenvalue weighted by Crippen LogP contribution is -2.41. The molecule has 1 atom stereocenters. The second kappa shape index (κ2) is 5.74. The van der Waals surface area contributed by atoms with Crippen molar-refractivity contribution in [2.24, 2.45) is 0 Å². The molecule has 2 rings (SSSR count). The van der Waals surface area contributed by atoms with Crippen LogP contribution in [0.2, 0.25) is 0 Å². The summed E-state index contributed by atoms with van der Waals surface area (Å²) in [5, 5.41) is 13.6. The van der Waals surface area contributed by atoms with Gasteiger partial charge in [-0.3, -0.25) is 10.1 Å². The van der Waals surface area contributed by atoms with Crippen molar-refractivity contribution < 1.29 is 18.8 Å². The molecule has 1 N–H and O–H groups in total. The molecule has 0 radical (unpaired) electrons. The molecule has 0 amide bonds. The van der Waals surface area contributed by atoms with E-state index in [0.717, 1.165) is 12.6 Å². The average molecular weight is 256 g/mol. The lowest BCUT2D eigenvalue weighted by molar-refractivity contribution is -0.385. The van der Waals surface area contributed by atoms with E-state index in [9.17, 15) is 14.5 Å². The van der Waals surface area contributed by atoms with Gasteiger partial charge in [0.15, 0.2) is 11.6 Å². The Morgan fingerprint density at radius 1 is 1.61 bits per heavy atom. The molecular formula is C11H13FN2O4. The third kappa shape index (κ3) is 3.14. The highest BCUT2D eigenvalue weighted by molar-refractivity contribution is 5.37. The Bertz CT molecular complexity index is 435. The molecule has 18 heavy (non-hydrogen) atoms. The Balaban J connectivity index is 1.94. The molecule has 0 bridgehead atoms. The molecule has 1 aliphatic rings. The number of nitrogens with zero attached hydrogens (tertiary/aromatic N) is 1. The summed E-state index contributed by atoms with van der Waals surface area (Å²) in [6, 6.07) is 3.30. The van der Waals surface area contributed by atoms with Crippen molar-refractivity contribution >= 4 is 5.69 Å². The second-order valence-corrected chi connectivity index (χ2v) is 3.88. The van der Waals surface area contributed by atoms with Gasteiger partial charge in [0.25, 0.3) is 5.69 Å². The van der Waals surface area contributed by atoms with Crippen LogP contribution in [0.1, 0.15) is 0 Å². The van der Waals surface area contributed by atoms with Gasteiger partial charge in [-0.05, 0) is 6.07 Å². The number of nitro groups is 1. The molecule has 0 aliphatic carbocycles. The highest BCUT2D eigenvalue weighted by atomic mass is 19.1. The zero-order chi connectivity index (χ0) is 13.0. The van der Waals surface area contributed by atoms with Crippen molar-refractivity contribution in [3.63, 3.8) is 0 Å². The van der Waals surface area contributed by atoms with Gasteiger partial charge in [-0.2, -0.15) is 0 Å². The van der Waals surface area contributed by atoms with Crippen LogP contribution >= 0.6 is 0 Å². The topological polar surface area (TPSA) is 73.6 Å². The molecule has 7 heteroatoms. The molecule has 1 saturated heterocycles. The summed E-state index contributed by atoms with van der Waals surface area (Å²) in [6.45, 7) is 2.25. The van der Waals surface area contributed by atoms with Crippen molar-refractivity contribution in [2.45, 2.75) is 6.10 Å². The number of nitrogens with one attached hydrogen (secondary N) is 1. The van der Waals surface area contributed by atoms with E-state index in [0.29, 0.717) is 13.2 Å². The number of morpholine rings is 1. The van der Waals surface area contributed by atoms with E-state index in [-0.39, 0.29) is 24.1 Å². The fourth-order valence-electron chi connectivity index (χ4n) is 1.63. The first kappa shape index (κ1) is 12.7. The molecule has 1 aromatic rings. The van der Waals surface area contributed by atoms with Crippen LogP contribution in [0.3, 0.4) is 0 Å². The molecule has 0 saturated carbocycles. The summed E-state index contributed by atoms with van der Waals surface area (Å²) in [6.07, 6.45) is -0.131. The van der Waals surface area contributed by atoms with Gasteiger partial charge in [0, 0.05) is 19.2 Å². The van der Waals surface area contributed by atoms with Crippen LogP contribution in [-0.4, -0.2) is 37.3 Å². The maximum absolute atomic E-state index is 13.5. The number of non-ortho nitro benzene ring substituents is 1. The first-order valence-corrected chi connectivity index (χ1v) is 5.56. The molecule has 1 heterocycles. The van der Waals surface area contributed by atoms with Gasteiger partial charge in [0.2, 0.25) is 0 Å². The number of halogens is 1. The molecular weight excluding hydrogens is 243 g/mol. The SMILES string of the molecule is O=[N+]([O-])c1ccc(OCC2CNCCO2)c(F)c1. The first-order chi connectivity index (χ1) is 8.66. The molecule has 0 aromatic heterocycles. The number of ether oxygens (including phenoxy) is 2. The van der Waals surface area contributed by atoms with Gasteiger partial charge in [0.1, 0.15) is 12.7 Å². The van der Waals surface area contributed by atoms with E-state index in [1.807, 2.05) is 0 Å². The lowest BCUT2D eigenvalue weighted by atomic mass is 10.3. The molecule has 1 fully saturated rings. The van der Waals surface area contributed by atoms with Gasteiger partial charge in [-0.1, -0.05) is 0 Å². The van der Waals surface area contributed by atoms with Crippen LogP contribution in [0.4, 0.5) is 10.1 Å². The van der Waals surface area contributed by atoms with Crippen LogP contribution in [-0.2, 0) is 4.74 Å². The van der Waals surface area contributed by atoms with Gasteiger partial charge < -0.3 is 14.8 Å². The predicted molar refractivity (Wildman–Crippen MR) is 61.2 cm³/mol. The zero-order valence-corrected chi connectivity index (χ0v) is 9.60. The Labute approximate surface area is 103 Å². The Kier molecular flexibility index (Phi) is 4.06. The molecule has 0 spiro atoms. The number of hydrogen-bond donors (Lipinski definition) is 1. The maximum atomic E-state index is 13.5. The predicted octanol–water partition coefficient (Wildman–Crippen LogP) is 1.10. The summed E-state index contributed by atoms with van der Waals surface area (Å²) < 4.78 is 24.1. The van der Waals surface area contributed by atoms with E-state index < -0.39 is 10.7 Å². The Hall–Kier alpha value is -1.73. The number of hydrogen-bond acceptors (Lipinski definition) is 5. The van der Waals surface area contributed by atoms with E-state index in [2.05, 4.69) is 5.32 Å². The highest BCUT2D eigenvalue weighted by Crippen LogP contribution is 2.22. The standard InChI is InChI=1S/C11H13FN2O4/c12-10-5-8(14(15)16)1-2-11(10)18-7-9-6-13-3-4-17-9/h1-2,5,9,13H,3-4,6-7H2. The summed E-state index contributed by atoms with van der Waals surface area (Å²) >= 11 is 0. The quantitative estimate of drug-likeness (QED) is 0.645. The highest BCUT2D eigenvalue weighted by Gasteiger charge is 2.16. The van der Waals surface area contributed by atoms with Crippen molar-refractivity contribution in [2.75, 3.05) is 26.3 Å². The summed E-state index contributed by atoms with van der Waals surface area (Å²) in [4.78, 5) is 9.79. The van der Waals surface area contributed by atoms with E-state index >= 15 is 0 Å². The van der Waals surface area contributed by atoms with Gasteiger partial charge in [0.05, 0.1) is 17.6 Å². The molecule has 1 unspecified atom stereocenters. The Morgan fingerprint density at radius 2 is 2.44 bits per heavy atom. The van der Waals surface area contributed by atoms with Gasteiger partial charge in [-0.25, -0.2) is 4.39 Å². The van der Waals surface area contributed by atoms with Crippen LogP contribution in [0.25, 0.3) is 0 Å². The number of benzene rings is 1. The summed E-state index contributed by atoms with van der Waals surface area (Å²) in [5.41, 5.74) is -0.296. The first-order valence-electron chi connectivity index (χ1n) is 5.56. The van der Waals surface area contributed by atoms with E-state index in [1.54, 1.807) is 0 Å². The van der Waals surface area contributed by atoms with Crippen molar-refractivity contribution in [1.82, 2.24) is 5.32 Å². The summed E-state index contributed by atoms with van der Waals surface area (Å²) in [5.74, 6) is -0.747. The van der Waals surface area contributed by atoms with Crippen molar-refractivity contribution in [3.8, 4) is 5.75 Å². The maximum Gasteiger partial charge on any atom is 0.272 e. The van der Waals surface area contributed by atoms with E-state index in [4.69, 9.17) is 9.47 Å². The fourth-order valence-corrected chi connectivity index (χ4v) is 1.63. The van der Waals surface area contributed by atoms with Crippen molar-refractivity contribution in [1.29, 1.82) is 0 Å². The largest absolute Gasteiger partial charge is 0.488 e. The van der Waals surface area contributed by atoms with Gasteiger partial charge in [-0.15, -0.1) is 0 Å². The Morgan fingerprint density at radius 3 is 3.06 bits per heavy atom. The monoisotopic (exact) mass is 256 g/mol. The molecule has 1 aliphatic heterocycles. The van der Waals surface area contributed by atoms with E-state index in [1.165, 1.54) is 12.1 Å². The zero-order valence-electron chi connectivity index (χ0n) is 9.60. The van der Waals surface area contributed by atoms with Crippen LogP contribution in [0.15, 0.2) is 18.2 Å². The van der Waals surface area contributed by atoms with Crippen LogP contribution < -0.4 is 10.1 Å². The minimum Gasteiger partial charge on any atom is -0.488 e.